The number of phenolic OH excluding ortho intramolecular Hbond substituents is 1. The molecule has 1 saturated heterocycles. The molecule has 0 radical (unpaired) electrons. The van der Waals surface area contributed by atoms with E-state index in [1.54, 1.807) is 0 Å². The number of carbonyl (C=O) groups is 1. The van der Waals surface area contributed by atoms with Crippen molar-refractivity contribution in [3.05, 3.63) is 26.2 Å². The van der Waals surface area contributed by atoms with Gasteiger partial charge in [0.25, 0.3) is 5.91 Å². The Bertz CT molecular complexity index is 652. The number of nitrogens with zero attached hydrogens (tertiary/aromatic N) is 2. The quantitative estimate of drug-likeness (QED) is 0.559. The highest BCUT2D eigenvalue weighted by molar-refractivity contribution is 9.10. The fraction of sp³-hybridized carbons (Fsp3) is 0.533. The average Bonchev–Trinajstić information content (AvgIpc) is 3.01. The van der Waals surface area contributed by atoms with E-state index in [4.69, 9.17) is 4.74 Å². The lowest BCUT2D eigenvalue weighted by Gasteiger charge is -2.23. The molecule has 24 heavy (non-hydrogen) atoms. The largest absolute Gasteiger partial charge is 0.506 e. The molecule has 1 atom stereocenters. The van der Waals surface area contributed by atoms with Crippen molar-refractivity contribution in [1.29, 1.82) is 0 Å². The predicted molar refractivity (Wildman–Crippen MR) is 91.6 cm³/mol. The van der Waals surface area contributed by atoms with Gasteiger partial charge in [-0.25, -0.2) is 0 Å². The van der Waals surface area contributed by atoms with Crippen molar-refractivity contribution in [3.8, 4) is 11.5 Å². The lowest BCUT2D eigenvalue weighted by atomic mass is 10.1. The molecular formula is C15H20BrN3O5. The highest BCUT2D eigenvalue weighted by Gasteiger charge is 2.30. The van der Waals surface area contributed by atoms with Crippen LogP contribution < -0.4 is 10.1 Å². The van der Waals surface area contributed by atoms with Gasteiger partial charge in [0.1, 0.15) is 11.3 Å². The number of halogens is 1. The minimum atomic E-state index is -0.657. The van der Waals surface area contributed by atoms with Gasteiger partial charge in [-0.15, -0.1) is 0 Å². The summed E-state index contributed by atoms with van der Waals surface area (Å²) >= 11 is 3.04. The smallest absolute Gasteiger partial charge is 0.313 e. The summed E-state index contributed by atoms with van der Waals surface area (Å²) in [6.45, 7) is 4.37. The molecule has 2 N–H and O–H groups in total. The maximum absolute atomic E-state index is 12.5. The van der Waals surface area contributed by atoms with Crippen molar-refractivity contribution >= 4 is 27.5 Å². The number of hydrogen-bond donors (Lipinski definition) is 2. The summed E-state index contributed by atoms with van der Waals surface area (Å²) < 4.78 is 5.08. The number of phenols is 1. The van der Waals surface area contributed by atoms with Crippen molar-refractivity contribution in [2.24, 2.45) is 0 Å². The number of amides is 1. The van der Waals surface area contributed by atoms with Gasteiger partial charge in [-0.3, -0.25) is 19.8 Å². The Balaban J connectivity index is 2.26. The Kier molecular flexibility index (Phi) is 6.00. The Hall–Kier alpha value is -1.87. The first-order valence-electron chi connectivity index (χ1n) is 7.66. The molecule has 1 heterocycles. The lowest BCUT2D eigenvalue weighted by Crippen LogP contribution is -2.40. The molecule has 1 fully saturated rings. The standard InChI is InChI=1S/C15H20BrN3O5/c1-3-18-6-4-5-9(18)8-17-15(21)12-13(20)10(16)7-11(19(22)23)14(12)24-2/h7,9,20H,3-6,8H2,1-2H3,(H,17,21). The summed E-state index contributed by atoms with van der Waals surface area (Å²) in [5, 5.41) is 24.1. The fourth-order valence-corrected chi connectivity index (χ4v) is 3.42. The Labute approximate surface area is 148 Å². The highest BCUT2D eigenvalue weighted by Crippen LogP contribution is 2.41. The van der Waals surface area contributed by atoms with E-state index in [0.717, 1.165) is 32.0 Å². The van der Waals surface area contributed by atoms with Crippen molar-refractivity contribution in [2.45, 2.75) is 25.8 Å². The molecule has 1 amide bonds. The van der Waals surface area contributed by atoms with E-state index in [0.29, 0.717) is 6.54 Å². The molecule has 132 valence electrons. The molecule has 0 spiro atoms. The molecule has 1 aliphatic rings. The normalized spacial score (nSPS) is 17.7. The minimum absolute atomic E-state index is 0.0659. The zero-order chi connectivity index (χ0) is 17.9. The third kappa shape index (κ3) is 3.62. The van der Waals surface area contributed by atoms with Gasteiger partial charge >= 0.3 is 5.69 Å². The number of hydrogen-bond acceptors (Lipinski definition) is 6. The van der Waals surface area contributed by atoms with Crippen LogP contribution in [0.5, 0.6) is 11.5 Å². The van der Waals surface area contributed by atoms with Gasteiger partial charge in [0.05, 0.1) is 16.5 Å². The molecule has 1 aromatic rings. The molecule has 9 heteroatoms. The van der Waals surface area contributed by atoms with Crippen LogP contribution in [-0.4, -0.2) is 53.6 Å². The molecule has 1 aromatic carbocycles. The molecule has 8 nitrogen and oxygen atoms in total. The predicted octanol–water partition coefficient (Wildman–Crippen LogP) is 2.29. The van der Waals surface area contributed by atoms with Gasteiger partial charge in [0.2, 0.25) is 5.75 Å². The summed E-state index contributed by atoms with van der Waals surface area (Å²) in [6, 6.07) is 1.34. The summed E-state index contributed by atoms with van der Waals surface area (Å²) in [6.07, 6.45) is 2.06. The van der Waals surface area contributed by atoms with Gasteiger partial charge in [0, 0.05) is 18.7 Å². The van der Waals surface area contributed by atoms with Crippen molar-refractivity contribution < 1.29 is 19.6 Å². The van der Waals surface area contributed by atoms with Crippen LogP contribution in [0.25, 0.3) is 0 Å². The maximum Gasteiger partial charge on any atom is 0.313 e. The molecule has 0 saturated carbocycles. The summed E-state index contributed by atoms with van der Waals surface area (Å²) in [5.74, 6) is -1.23. The summed E-state index contributed by atoms with van der Waals surface area (Å²) in [5.41, 5.74) is -0.622. The zero-order valence-electron chi connectivity index (χ0n) is 13.5. The van der Waals surface area contributed by atoms with E-state index in [9.17, 15) is 20.0 Å². The van der Waals surface area contributed by atoms with E-state index in [2.05, 4.69) is 33.1 Å². The van der Waals surface area contributed by atoms with E-state index in [1.165, 1.54) is 7.11 Å². The van der Waals surface area contributed by atoms with Crippen molar-refractivity contribution in [2.75, 3.05) is 26.7 Å². The first-order valence-corrected chi connectivity index (χ1v) is 8.46. The van der Waals surface area contributed by atoms with Gasteiger partial charge in [0.15, 0.2) is 0 Å². The Morgan fingerprint density at radius 1 is 1.62 bits per heavy atom. The number of nitrogens with one attached hydrogen (secondary N) is 1. The zero-order valence-corrected chi connectivity index (χ0v) is 15.1. The van der Waals surface area contributed by atoms with E-state index < -0.39 is 10.8 Å². The Morgan fingerprint density at radius 2 is 2.33 bits per heavy atom. The van der Waals surface area contributed by atoms with Crippen LogP contribution in [0.2, 0.25) is 0 Å². The third-order valence-electron chi connectivity index (χ3n) is 4.22. The second kappa shape index (κ2) is 7.80. The number of likely N-dealkylation sites (N-methyl/N-ethyl adjacent to an activating group) is 1. The van der Waals surface area contributed by atoms with Crippen LogP contribution in [0.1, 0.15) is 30.1 Å². The molecule has 1 unspecified atom stereocenters. The van der Waals surface area contributed by atoms with Crippen LogP contribution in [-0.2, 0) is 0 Å². The van der Waals surface area contributed by atoms with Gasteiger partial charge in [-0.05, 0) is 41.9 Å². The van der Waals surface area contributed by atoms with Crippen LogP contribution in [0.3, 0.4) is 0 Å². The average molecular weight is 402 g/mol. The van der Waals surface area contributed by atoms with Gasteiger partial charge in [-0.1, -0.05) is 6.92 Å². The number of nitro benzene ring substituents is 1. The van der Waals surface area contributed by atoms with Crippen molar-refractivity contribution in [3.63, 3.8) is 0 Å². The fourth-order valence-electron chi connectivity index (χ4n) is 3.00. The number of nitro groups is 1. The number of aromatic hydroxyl groups is 1. The lowest BCUT2D eigenvalue weighted by molar-refractivity contribution is -0.385. The monoisotopic (exact) mass is 401 g/mol. The van der Waals surface area contributed by atoms with E-state index in [-0.39, 0.29) is 33.3 Å². The third-order valence-corrected chi connectivity index (χ3v) is 4.82. The van der Waals surface area contributed by atoms with Crippen LogP contribution in [0.4, 0.5) is 5.69 Å². The Morgan fingerprint density at radius 3 is 2.92 bits per heavy atom. The second-order valence-corrected chi connectivity index (χ2v) is 6.38. The van der Waals surface area contributed by atoms with Crippen LogP contribution in [0, 0.1) is 10.1 Å². The number of carbonyl (C=O) groups excluding carboxylic acids is 1. The molecule has 0 bridgehead atoms. The van der Waals surface area contributed by atoms with Crippen LogP contribution >= 0.6 is 15.9 Å². The number of likely N-dealkylation sites (tertiary alicyclic amines) is 1. The molecule has 0 aliphatic carbocycles. The van der Waals surface area contributed by atoms with E-state index >= 15 is 0 Å². The topological polar surface area (TPSA) is 105 Å². The number of ether oxygens (including phenoxy) is 1. The highest BCUT2D eigenvalue weighted by atomic mass is 79.9. The van der Waals surface area contributed by atoms with E-state index in [1.807, 2.05) is 0 Å². The van der Waals surface area contributed by atoms with Crippen molar-refractivity contribution in [1.82, 2.24) is 10.2 Å². The summed E-state index contributed by atoms with van der Waals surface area (Å²) in [4.78, 5) is 25.3. The second-order valence-electron chi connectivity index (χ2n) is 5.53. The molecular weight excluding hydrogens is 382 g/mol. The van der Waals surface area contributed by atoms with Crippen LogP contribution in [0.15, 0.2) is 10.5 Å². The molecule has 2 rings (SSSR count). The molecule has 0 aromatic heterocycles. The minimum Gasteiger partial charge on any atom is -0.506 e. The number of benzene rings is 1. The maximum atomic E-state index is 12.5. The summed E-state index contributed by atoms with van der Waals surface area (Å²) in [7, 11) is 1.22. The first-order chi connectivity index (χ1) is 11.4. The van der Waals surface area contributed by atoms with Gasteiger partial charge < -0.3 is 15.2 Å². The first kappa shape index (κ1) is 18.5. The number of rotatable bonds is 6. The number of methoxy groups -OCH3 is 1. The SMILES string of the molecule is CCN1CCCC1CNC(=O)c1c(O)c(Br)cc([N+](=O)[O-])c1OC. The molecule has 1 aliphatic heterocycles. The van der Waals surface area contributed by atoms with Gasteiger partial charge in [-0.2, -0.15) is 0 Å².